The predicted octanol–water partition coefficient (Wildman–Crippen LogP) is 2.23. The Balaban J connectivity index is 2.19. The van der Waals surface area contributed by atoms with Gasteiger partial charge in [0.25, 0.3) is 0 Å². The maximum absolute atomic E-state index is 11.4. The first-order valence-electron chi connectivity index (χ1n) is 6.95. The fourth-order valence-corrected chi connectivity index (χ4v) is 2.72. The molecule has 2 N–H and O–H groups in total. The Morgan fingerprint density at radius 2 is 2.20 bits per heavy atom. The second kappa shape index (κ2) is 6.61. The van der Waals surface area contributed by atoms with Gasteiger partial charge in [0.2, 0.25) is 0 Å². The summed E-state index contributed by atoms with van der Waals surface area (Å²) < 4.78 is 5.09. The number of methoxy groups -OCH3 is 1. The van der Waals surface area contributed by atoms with Gasteiger partial charge in [-0.15, -0.1) is 0 Å². The number of rotatable bonds is 4. The van der Waals surface area contributed by atoms with E-state index in [4.69, 9.17) is 4.74 Å². The monoisotopic (exact) mass is 279 g/mol. The van der Waals surface area contributed by atoms with Gasteiger partial charge < -0.3 is 14.9 Å². The van der Waals surface area contributed by atoms with Crippen LogP contribution in [0.25, 0.3) is 0 Å². The van der Waals surface area contributed by atoms with Crippen molar-refractivity contribution in [1.29, 1.82) is 0 Å². The van der Waals surface area contributed by atoms with Crippen LogP contribution in [0.5, 0.6) is 11.5 Å². The van der Waals surface area contributed by atoms with Crippen LogP contribution in [0.3, 0.4) is 0 Å². The van der Waals surface area contributed by atoms with Crippen molar-refractivity contribution in [1.82, 2.24) is 4.90 Å². The minimum Gasteiger partial charge on any atom is -0.504 e. The summed E-state index contributed by atoms with van der Waals surface area (Å²) in [6.45, 7) is 1.17. The number of para-hydroxylation sites is 1. The lowest BCUT2D eigenvalue weighted by molar-refractivity contribution is -0.143. The Morgan fingerprint density at radius 3 is 2.90 bits per heavy atom. The highest BCUT2D eigenvalue weighted by Crippen LogP contribution is 2.31. The summed E-state index contributed by atoms with van der Waals surface area (Å²) in [4.78, 5) is 13.3. The molecule has 0 amide bonds. The first-order chi connectivity index (χ1) is 9.63. The third kappa shape index (κ3) is 3.22. The van der Waals surface area contributed by atoms with E-state index in [1.807, 2.05) is 17.0 Å². The van der Waals surface area contributed by atoms with Crippen molar-refractivity contribution in [3.05, 3.63) is 23.8 Å². The summed E-state index contributed by atoms with van der Waals surface area (Å²) in [5.41, 5.74) is 0.706. The summed E-state index contributed by atoms with van der Waals surface area (Å²) in [7, 11) is 1.50. The van der Waals surface area contributed by atoms with Crippen LogP contribution in [0.4, 0.5) is 0 Å². The molecule has 2 rings (SSSR count). The van der Waals surface area contributed by atoms with Gasteiger partial charge in [0.05, 0.1) is 7.11 Å². The Bertz CT molecular complexity index is 475. The lowest BCUT2D eigenvalue weighted by atomic mass is 10.1. The molecule has 1 unspecified atom stereocenters. The SMILES string of the molecule is COc1cccc(CN2CCCCCC2C(=O)O)c1O. The van der Waals surface area contributed by atoms with E-state index in [9.17, 15) is 15.0 Å². The van der Waals surface area contributed by atoms with Gasteiger partial charge in [-0.25, -0.2) is 0 Å². The topological polar surface area (TPSA) is 70.0 Å². The van der Waals surface area contributed by atoms with Gasteiger partial charge in [0, 0.05) is 12.1 Å². The fraction of sp³-hybridized carbons (Fsp3) is 0.533. The fourth-order valence-electron chi connectivity index (χ4n) is 2.72. The van der Waals surface area contributed by atoms with Crippen LogP contribution in [-0.2, 0) is 11.3 Å². The largest absolute Gasteiger partial charge is 0.504 e. The van der Waals surface area contributed by atoms with Crippen molar-refractivity contribution in [2.75, 3.05) is 13.7 Å². The van der Waals surface area contributed by atoms with Crippen LogP contribution in [0.1, 0.15) is 31.2 Å². The molecular weight excluding hydrogens is 258 g/mol. The van der Waals surface area contributed by atoms with Gasteiger partial charge >= 0.3 is 5.97 Å². The van der Waals surface area contributed by atoms with Gasteiger partial charge in [-0.1, -0.05) is 25.0 Å². The van der Waals surface area contributed by atoms with Crippen LogP contribution < -0.4 is 4.74 Å². The van der Waals surface area contributed by atoms with Gasteiger partial charge in [-0.3, -0.25) is 9.69 Å². The molecule has 1 atom stereocenters. The molecule has 1 aliphatic rings. The number of aromatic hydroxyl groups is 1. The van der Waals surface area contributed by atoms with Crippen LogP contribution >= 0.6 is 0 Å². The third-order valence-electron chi connectivity index (χ3n) is 3.82. The molecule has 0 bridgehead atoms. The van der Waals surface area contributed by atoms with Crippen LogP contribution in [-0.4, -0.2) is 40.8 Å². The van der Waals surface area contributed by atoms with Gasteiger partial charge in [-0.05, 0) is 25.5 Å². The van der Waals surface area contributed by atoms with E-state index in [1.165, 1.54) is 7.11 Å². The highest BCUT2D eigenvalue weighted by molar-refractivity contribution is 5.73. The average Bonchev–Trinajstić information content (AvgIpc) is 2.66. The quantitative estimate of drug-likeness (QED) is 0.884. The Hall–Kier alpha value is -1.75. The second-order valence-corrected chi connectivity index (χ2v) is 5.14. The number of aliphatic carboxylic acids is 1. The summed E-state index contributed by atoms with van der Waals surface area (Å²) >= 11 is 0. The van der Waals surface area contributed by atoms with Crippen LogP contribution in [0.2, 0.25) is 0 Å². The minimum atomic E-state index is -0.783. The van der Waals surface area contributed by atoms with Crippen molar-refractivity contribution in [2.45, 2.75) is 38.3 Å². The maximum Gasteiger partial charge on any atom is 0.320 e. The van der Waals surface area contributed by atoms with E-state index in [2.05, 4.69) is 0 Å². The van der Waals surface area contributed by atoms with E-state index < -0.39 is 12.0 Å². The molecule has 5 heteroatoms. The van der Waals surface area contributed by atoms with Crippen molar-refractivity contribution >= 4 is 5.97 Å². The molecule has 110 valence electrons. The summed E-state index contributed by atoms with van der Waals surface area (Å²) in [5, 5.41) is 19.5. The van der Waals surface area contributed by atoms with E-state index in [1.54, 1.807) is 6.07 Å². The molecule has 0 radical (unpaired) electrons. The molecule has 1 saturated heterocycles. The lowest BCUT2D eigenvalue weighted by Gasteiger charge is -2.27. The predicted molar refractivity (Wildman–Crippen MR) is 75.0 cm³/mol. The Kier molecular flexibility index (Phi) is 4.84. The van der Waals surface area contributed by atoms with Gasteiger partial charge in [-0.2, -0.15) is 0 Å². The highest BCUT2D eigenvalue weighted by Gasteiger charge is 2.27. The molecule has 1 aromatic carbocycles. The average molecular weight is 279 g/mol. The number of phenols is 1. The number of phenolic OH excluding ortho intramolecular Hbond substituents is 1. The molecule has 1 aliphatic heterocycles. The maximum atomic E-state index is 11.4. The molecule has 1 aromatic rings. The minimum absolute atomic E-state index is 0.100. The zero-order valence-corrected chi connectivity index (χ0v) is 11.7. The zero-order valence-electron chi connectivity index (χ0n) is 11.7. The zero-order chi connectivity index (χ0) is 14.5. The molecule has 0 saturated carbocycles. The van der Waals surface area contributed by atoms with E-state index in [0.29, 0.717) is 24.3 Å². The number of hydrogen-bond donors (Lipinski definition) is 2. The van der Waals surface area contributed by atoms with Crippen molar-refractivity contribution < 1.29 is 19.7 Å². The Labute approximate surface area is 118 Å². The molecular formula is C15H21NO4. The van der Waals surface area contributed by atoms with E-state index in [-0.39, 0.29) is 5.75 Å². The van der Waals surface area contributed by atoms with Gasteiger partial charge in [0.15, 0.2) is 11.5 Å². The number of carboxylic acids is 1. The van der Waals surface area contributed by atoms with E-state index in [0.717, 1.165) is 25.8 Å². The number of nitrogens with zero attached hydrogens (tertiary/aromatic N) is 1. The van der Waals surface area contributed by atoms with E-state index >= 15 is 0 Å². The van der Waals surface area contributed by atoms with Crippen molar-refractivity contribution in [2.24, 2.45) is 0 Å². The molecule has 0 aromatic heterocycles. The molecule has 5 nitrogen and oxygen atoms in total. The first kappa shape index (κ1) is 14.7. The number of carbonyl (C=O) groups is 1. The number of carboxylic acid groups (broad SMARTS) is 1. The van der Waals surface area contributed by atoms with Crippen molar-refractivity contribution in [3.8, 4) is 11.5 Å². The molecule has 20 heavy (non-hydrogen) atoms. The summed E-state index contributed by atoms with van der Waals surface area (Å²) in [5.74, 6) is -0.262. The molecule has 1 fully saturated rings. The second-order valence-electron chi connectivity index (χ2n) is 5.14. The van der Waals surface area contributed by atoms with Crippen LogP contribution in [0.15, 0.2) is 18.2 Å². The third-order valence-corrected chi connectivity index (χ3v) is 3.82. The number of benzene rings is 1. The standard InChI is InChI=1S/C15H21NO4/c1-20-13-8-5-6-11(14(13)17)10-16-9-4-2-3-7-12(16)15(18)19/h5-6,8,12,17H,2-4,7,9-10H2,1H3,(H,18,19). The molecule has 0 spiro atoms. The number of ether oxygens (including phenoxy) is 1. The molecule has 1 heterocycles. The van der Waals surface area contributed by atoms with Gasteiger partial charge in [0.1, 0.15) is 6.04 Å². The number of hydrogen-bond acceptors (Lipinski definition) is 4. The normalized spacial score (nSPS) is 20.4. The summed E-state index contributed by atoms with van der Waals surface area (Å²) in [6, 6.07) is 4.84. The van der Waals surface area contributed by atoms with Crippen molar-refractivity contribution in [3.63, 3.8) is 0 Å². The number of likely N-dealkylation sites (tertiary alicyclic amines) is 1. The summed E-state index contributed by atoms with van der Waals surface area (Å²) in [6.07, 6.45) is 3.66. The lowest BCUT2D eigenvalue weighted by Crippen LogP contribution is -2.40. The van der Waals surface area contributed by atoms with Crippen LogP contribution in [0, 0.1) is 0 Å². The first-order valence-corrected chi connectivity index (χ1v) is 6.95. The molecule has 0 aliphatic carbocycles. The smallest absolute Gasteiger partial charge is 0.320 e. The highest BCUT2D eigenvalue weighted by atomic mass is 16.5. The Morgan fingerprint density at radius 1 is 1.40 bits per heavy atom.